The van der Waals surface area contributed by atoms with E-state index in [1.165, 1.54) is 44.9 Å². The summed E-state index contributed by atoms with van der Waals surface area (Å²) in [6.45, 7) is 14.9. The Labute approximate surface area is 181 Å². The molecule has 0 saturated heterocycles. The first-order chi connectivity index (χ1) is 13.7. The van der Waals surface area contributed by atoms with Crippen molar-refractivity contribution in [3.63, 3.8) is 0 Å². The third-order valence-electron chi connectivity index (χ3n) is 11.1. The number of fused-ring (bicyclic) bond motifs is 5. The van der Waals surface area contributed by atoms with Crippen LogP contribution >= 0.6 is 0 Å². The predicted molar refractivity (Wildman–Crippen MR) is 124 cm³/mol. The molecule has 0 heterocycles. The fourth-order valence-electron chi connectivity index (χ4n) is 8.85. The lowest BCUT2D eigenvalue weighted by molar-refractivity contribution is -0.128. The van der Waals surface area contributed by atoms with Crippen molar-refractivity contribution in [1.82, 2.24) is 0 Å². The molecule has 0 aromatic rings. The van der Waals surface area contributed by atoms with E-state index in [-0.39, 0.29) is 6.10 Å². The van der Waals surface area contributed by atoms with E-state index in [4.69, 9.17) is 0 Å². The molecule has 1 N–H and O–H groups in total. The van der Waals surface area contributed by atoms with Gasteiger partial charge in [0.1, 0.15) is 0 Å². The van der Waals surface area contributed by atoms with Gasteiger partial charge in [-0.25, -0.2) is 0 Å². The molecule has 4 rings (SSSR count). The van der Waals surface area contributed by atoms with Crippen LogP contribution in [0.1, 0.15) is 99.3 Å². The lowest BCUT2D eigenvalue weighted by Crippen LogP contribution is -2.54. The maximum atomic E-state index is 10.3. The fraction of sp³-hybridized carbons (Fsp3) is 0.929. The summed E-state index contributed by atoms with van der Waals surface area (Å²) < 4.78 is 0. The van der Waals surface area contributed by atoms with E-state index in [2.05, 4.69) is 53.7 Å². The zero-order valence-corrected chi connectivity index (χ0v) is 20.2. The first kappa shape index (κ1) is 21.9. The Kier molecular flexibility index (Phi) is 6.04. The van der Waals surface area contributed by atoms with Gasteiger partial charge in [-0.1, -0.05) is 53.7 Å². The second-order valence-electron chi connectivity index (χ2n) is 12.7. The number of hydrogen-bond acceptors (Lipinski definition) is 1. The molecule has 0 aromatic heterocycles. The smallest absolute Gasteiger partial charge is 0.0543 e. The summed E-state index contributed by atoms with van der Waals surface area (Å²) in [5.74, 6) is 6.66. The van der Waals surface area contributed by atoms with Crippen molar-refractivity contribution < 1.29 is 5.11 Å². The van der Waals surface area contributed by atoms with Crippen LogP contribution in [0.2, 0.25) is 0 Å². The van der Waals surface area contributed by atoms with Crippen molar-refractivity contribution in [2.45, 2.75) is 105 Å². The monoisotopic (exact) mass is 400 g/mol. The molecule has 1 heteroatoms. The Balaban J connectivity index is 1.50. The predicted octanol–water partition coefficient (Wildman–Crippen LogP) is 7.49. The standard InChI is InChI=1S/C28H48O/c1-18(2)19(3)7-8-20(4)24-11-12-25-23-10-9-21-17-22(29)13-15-27(21,5)26(23)14-16-28(24,25)6/h7-8,18-26,29H,9-17H2,1-6H3. The number of rotatable bonds is 4. The molecule has 0 amide bonds. The molecule has 10 unspecified atom stereocenters. The molecule has 4 aliphatic carbocycles. The lowest BCUT2D eigenvalue weighted by Gasteiger charge is -2.61. The lowest BCUT2D eigenvalue weighted by atomic mass is 9.44. The molecule has 0 spiro atoms. The minimum absolute atomic E-state index is 0.0183. The first-order valence-corrected chi connectivity index (χ1v) is 13.0. The molecular weight excluding hydrogens is 352 g/mol. The van der Waals surface area contributed by atoms with Crippen LogP contribution < -0.4 is 0 Å². The van der Waals surface area contributed by atoms with Gasteiger partial charge in [-0.3, -0.25) is 0 Å². The summed E-state index contributed by atoms with van der Waals surface area (Å²) >= 11 is 0. The summed E-state index contributed by atoms with van der Waals surface area (Å²) in [6, 6.07) is 0. The zero-order valence-electron chi connectivity index (χ0n) is 20.2. The average molecular weight is 401 g/mol. The van der Waals surface area contributed by atoms with Crippen LogP contribution in [0, 0.1) is 58.2 Å². The largest absolute Gasteiger partial charge is 0.393 e. The van der Waals surface area contributed by atoms with Crippen LogP contribution in [-0.4, -0.2) is 11.2 Å². The molecule has 4 saturated carbocycles. The van der Waals surface area contributed by atoms with E-state index in [9.17, 15) is 5.11 Å². The highest BCUT2D eigenvalue weighted by Crippen LogP contribution is 2.68. The highest BCUT2D eigenvalue weighted by atomic mass is 16.3. The topological polar surface area (TPSA) is 20.2 Å². The van der Waals surface area contributed by atoms with Crippen LogP contribution in [0.5, 0.6) is 0 Å². The molecule has 0 radical (unpaired) electrons. The molecule has 1 nitrogen and oxygen atoms in total. The van der Waals surface area contributed by atoms with Crippen LogP contribution in [0.4, 0.5) is 0 Å². The van der Waals surface area contributed by atoms with E-state index >= 15 is 0 Å². The molecule has 166 valence electrons. The summed E-state index contributed by atoms with van der Waals surface area (Å²) in [6.07, 6.45) is 17.1. The van der Waals surface area contributed by atoms with Crippen molar-refractivity contribution in [2.24, 2.45) is 58.2 Å². The van der Waals surface area contributed by atoms with Crippen LogP contribution in [0.3, 0.4) is 0 Å². The highest BCUT2D eigenvalue weighted by Gasteiger charge is 2.60. The quantitative estimate of drug-likeness (QED) is 0.485. The molecule has 4 fully saturated rings. The Morgan fingerprint density at radius 2 is 1.48 bits per heavy atom. The highest BCUT2D eigenvalue weighted by molar-refractivity contribution is 5.11. The minimum atomic E-state index is -0.0183. The molecule has 0 aliphatic heterocycles. The van der Waals surface area contributed by atoms with Gasteiger partial charge < -0.3 is 5.11 Å². The van der Waals surface area contributed by atoms with Gasteiger partial charge in [-0.05, 0) is 116 Å². The maximum Gasteiger partial charge on any atom is 0.0543 e. The van der Waals surface area contributed by atoms with Gasteiger partial charge in [0, 0.05) is 0 Å². The summed E-state index contributed by atoms with van der Waals surface area (Å²) in [5.41, 5.74) is 1.07. The normalized spacial score (nSPS) is 49.5. The molecular formula is C28H48O. The van der Waals surface area contributed by atoms with Gasteiger partial charge in [-0.15, -0.1) is 0 Å². The van der Waals surface area contributed by atoms with Crippen LogP contribution in [0.25, 0.3) is 0 Å². The van der Waals surface area contributed by atoms with Crippen molar-refractivity contribution in [1.29, 1.82) is 0 Å². The summed E-state index contributed by atoms with van der Waals surface area (Å²) in [7, 11) is 0. The summed E-state index contributed by atoms with van der Waals surface area (Å²) in [5, 5.41) is 10.3. The van der Waals surface area contributed by atoms with Crippen molar-refractivity contribution in [3.05, 3.63) is 12.2 Å². The Hall–Kier alpha value is -0.300. The van der Waals surface area contributed by atoms with Crippen molar-refractivity contribution in [2.75, 3.05) is 0 Å². The molecule has 10 atom stereocenters. The number of allylic oxidation sites excluding steroid dienone is 2. The van der Waals surface area contributed by atoms with Gasteiger partial charge in [0.2, 0.25) is 0 Å². The van der Waals surface area contributed by atoms with E-state index in [1.807, 2.05) is 0 Å². The second kappa shape index (κ2) is 7.99. The third-order valence-corrected chi connectivity index (χ3v) is 11.1. The Morgan fingerprint density at radius 1 is 0.793 bits per heavy atom. The van der Waals surface area contributed by atoms with Gasteiger partial charge in [-0.2, -0.15) is 0 Å². The third kappa shape index (κ3) is 3.66. The van der Waals surface area contributed by atoms with Gasteiger partial charge in [0.15, 0.2) is 0 Å². The van der Waals surface area contributed by atoms with E-state index in [1.54, 1.807) is 0 Å². The van der Waals surface area contributed by atoms with Crippen molar-refractivity contribution in [3.8, 4) is 0 Å². The summed E-state index contributed by atoms with van der Waals surface area (Å²) in [4.78, 5) is 0. The first-order valence-electron chi connectivity index (χ1n) is 13.0. The van der Waals surface area contributed by atoms with Gasteiger partial charge >= 0.3 is 0 Å². The number of aliphatic hydroxyl groups is 1. The Morgan fingerprint density at radius 3 is 2.21 bits per heavy atom. The SMILES string of the molecule is CC(C)C(C)C=CC(C)C1CCC2C3CCC4CC(O)CCC4(C)C3CCC12C. The van der Waals surface area contributed by atoms with E-state index in [0.717, 1.165) is 54.3 Å². The molecule has 0 bridgehead atoms. The average Bonchev–Trinajstić information content (AvgIpc) is 3.03. The molecule has 4 aliphatic rings. The van der Waals surface area contributed by atoms with E-state index < -0.39 is 0 Å². The second-order valence-corrected chi connectivity index (χ2v) is 12.7. The minimum Gasteiger partial charge on any atom is -0.393 e. The van der Waals surface area contributed by atoms with Gasteiger partial charge in [0.25, 0.3) is 0 Å². The zero-order chi connectivity index (χ0) is 21.0. The van der Waals surface area contributed by atoms with Gasteiger partial charge in [0.05, 0.1) is 6.10 Å². The fourth-order valence-corrected chi connectivity index (χ4v) is 8.85. The number of aliphatic hydroxyl groups excluding tert-OH is 1. The molecule has 29 heavy (non-hydrogen) atoms. The Bertz CT molecular complexity index is 607. The van der Waals surface area contributed by atoms with E-state index in [0.29, 0.717) is 16.7 Å². The van der Waals surface area contributed by atoms with Crippen LogP contribution in [0.15, 0.2) is 12.2 Å². The number of hydrogen-bond donors (Lipinski definition) is 1. The van der Waals surface area contributed by atoms with Crippen molar-refractivity contribution >= 4 is 0 Å². The molecule has 0 aromatic carbocycles. The van der Waals surface area contributed by atoms with Crippen LogP contribution in [-0.2, 0) is 0 Å². The maximum absolute atomic E-state index is 10.3.